The fourth-order valence-corrected chi connectivity index (χ4v) is 2.58. The van der Waals surface area contributed by atoms with Crippen LogP contribution in [-0.4, -0.2) is 29.6 Å². The molecule has 0 unspecified atom stereocenters. The molecule has 0 aliphatic carbocycles. The molecule has 0 atom stereocenters. The molecule has 0 aromatic carbocycles. The highest BCUT2D eigenvalue weighted by atomic mass is 32.2. The van der Waals surface area contributed by atoms with Gasteiger partial charge in [-0.15, -0.1) is 0 Å². The lowest BCUT2D eigenvalue weighted by Gasteiger charge is -2.09. The second-order valence-corrected chi connectivity index (χ2v) is 5.82. The van der Waals surface area contributed by atoms with E-state index in [9.17, 15) is 8.42 Å². The highest BCUT2D eigenvalue weighted by Gasteiger charge is 2.17. The van der Waals surface area contributed by atoms with Gasteiger partial charge in [0.2, 0.25) is 5.88 Å². The van der Waals surface area contributed by atoms with Gasteiger partial charge in [-0.3, -0.25) is 0 Å². The first kappa shape index (κ1) is 14.5. The fourth-order valence-electron chi connectivity index (χ4n) is 1.60. The first-order valence-electron chi connectivity index (χ1n) is 6.07. The third-order valence-corrected chi connectivity index (χ3v) is 3.83. The lowest BCUT2D eigenvalue weighted by atomic mass is 10.3. The van der Waals surface area contributed by atoms with Gasteiger partial charge in [-0.25, -0.2) is 23.1 Å². The molecule has 1 N–H and O–H groups in total. The second-order valence-electron chi connectivity index (χ2n) is 4.10. The van der Waals surface area contributed by atoms with Crippen LogP contribution in [0.25, 0.3) is 0 Å². The third-order valence-electron chi connectivity index (χ3n) is 2.54. The molecule has 0 bridgehead atoms. The molecule has 0 spiro atoms. The van der Waals surface area contributed by atoms with Crippen LogP contribution < -0.4 is 9.46 Å². The number of nitrogens with one attached hydrogen (secondary N) is 1. The van der Waals surface area contributed by atoms with E-state index in [0.717, 1.165) is 0 Å². The SMILES string of the molecule is CCOc1ncccc1CNS(=O)(=O)c1cn(C)cn1. The zero-order chi connectivity index (χ0) is 14.6. The Hall–Kier alpha value is -1.93. The van der Waals surface area contributed by atoms with Gasteiger partial charge in [-0.05, 0) is 13.0 Å². The van der Waals surface area contributed by atoms with Gasteiger partial charge in [-0.2, -0.15) is 0 Å². The maximum absolute atomic E-state index is 12.0. The number of hydrogen-bond acceptors (Lipinski definition) is 5. The van der Waals surface area contributed by atoms with Crippen molar-refractivity contribution < 1.29 is 13.2 Å². The fraction of sp³-hybridized carbons (Fsp3) is 0.333. The quantitative estimate of drug-likeness (QED) is 0.847. The van der Waals surface area contributed by atoms with Crippen LogP contribution in [0.4, 0.5) is 0 Å². The zero-order valence-electron chi connectivity index (χ0n) is 11.3. The van der Waals surface area contributed by atoms with E-state index in [1.807, 2.05) is 6.92 Å². The maximum Gasteiger partial charge on any atom is 0.259 e. The zero-order valence-corrected chi connectivity index (χ0v) is 12.1. The van der Waals surface area contributed by atoms with Gasteiger partial charge >= 0.3 is 0 Å². The normalized spacial score (nSPS) is 11.5. The Bertz CT molecular complexity index is 682. The summed E-state index contributed by atoms with van der Waals surface area (Å²) in [6.07, 6.45) is 4.47. The molecule has 0 saturated heterocycles. The molecular formula is C12H16N4O3S. The van der Waals surface area contributed by atoms with E-state index >= 15 is 0 Å². The van der Waals surface area contributed by atoms with Crippen LogP contribution in [0, 0.1) is 0 Å². The molecule has 0 aliphatic rings. The monoisotopic (exact) mass is 296 g/mol. The standard InChI is InChI=1S/C12H16N4O3S/c1-3-19-12-10(5-4-6-13-12)7-15-20(17,18)11-8-16(2)9-14-11/h4-6,8-9,15H,3,7H2,1-2H3. The summed E-state index contributed by atoms with van der Waals surface area (Å²) < 4.78 is 33.5. The minimum absolute atomic E-state index is 0.0122. The molecule has 0 aliphatic heterocycles. The van der Waals surface area contributed by atoms with E-state index < -0.39 is 10.0 Å². The smallest absolute Gasteiger partial charge is 0.259 e. The van der Waals surface area contributed by atoms with Crippen LogP contribution in [0.3, 0.4) is 0 Å². The highest BCUT2D eigenvalue weighted by molar-refractivity contribution is 7.89. The minimum atomic E-state index is -3.63. The maximum atomic E-state index is 12.0. The third kappa shape index (κ3) is 3.34. The molecular weight excluding hydrogens is 280 g/mol. The van der Waals surface area contributed by atoms with Crippen molar-refractivity contribution in [2.45, 2.75) is 18.5 Å². The molecule has 2 aromatic heterocycles. The molecule has 20 heavy (non-hydrogen) atoms. The summed E-state index contributed by atoms with van der Waals surface area (Å²) >= 11 is 0. The van der Waals surface area contributed by atoms with E-state index in [4.69, 9.17) is 4.74 Å². The number of aromatic nitrogens is 3. The van der Waals surface area contributed by atoms with Gasteiger partial charge < -0.3 is 9.30 Å². The van der Waals surface area contributed by atoms with Gasteiger partial charge in [0, 0.05) is 31.5 Å². The average molecular weight is 296 g/mol. The van der Waals surface area contributed by atoms with Crippen molar-refractivity contribution in [2.24, 2.45) is 7.05 Å². The highest BCUT2D eigenvalue weighted by Crippen LogP contribution is 2.15. The summed E-state index contributed by atoms with van der Waals surface area (Å²) in [5.74, 6) is 0.429. The van der Waals surface area contributed by atoms with Gasteiger partial charge in [0.25, 0.3) is 10.0 Å². The van der Waals surface area contributed by atoms with Crippen molar-refractivity contribution in [1.82, 2.24) is 19.3 Å². The van der Waals surface area contributed by atoms with Crippen LogP contribution in [0.2, 0.25) is 0 Å². The van der Waals surface area contributed by atoms with Crippen LogP contribution in [-0.2, 0) is 23.6 Å². The van der Waals surface area contributed by atoms with Gasteiger partial charge in [-0.1, -0.05) is 6.07 Å². The van der Waals surface area contributed by atoms with Gasteiger partial charge in [0.15, 0.2) is 5.03 Å². The Kier molecular flexibility index (Phi) is 4.35. The molecule has 2 rings (SSSR count). The van der Waals surface area contributed by atoms with Crippen molar-refractivity contribution in [2.75, 3.05) is 6.61 Å². The molecule has 2 aromatic rings. The Balaban J connectivity index is 2.12. The molecule has 8 heteroatoms. The first-order chi connectivity index (χ1) is 9.53. The largest absolute Gasteiger partial charge is 0.478 e. The summed E-state index contributed by atoms with van der Waals surface area (Å²) in [6, 6.07) is 3.49. The van der Waals surface area contributed by atoms with Gasteiger partial charge in [0.05, 0.1) is 12.9 Å². The molecule has 0 radical (unpaired) electrons. The van der Waals surface area contributed by atoms with E-state index in [1.165, 1.54) is 12.5 Å². The number of nitrogens with zero attached hydrogens (tertiary/aromatic N) is 3. The number of hydrogen-bond donors (Lipinski definition) is 1. The second kappa shape index (κ2) is 6.02. The Labute approximate surface area is 117 Å². The van der Waals surface area contributed by atoms with E-state index in [-0.39, 0.29) is 11.6 Å². The van der Waals surface area contributed by atoms with Crippen molar-refractivity contribution in [3.63, 3.8) is 0 Å². The number of rotatable bonds is 6. The molecule has 0 saturated carbocycles. The van der Waals surface area contributed by atoms with E-state index in [1.54, 1.807) is 29.9 Å². The minimum Gasteiger partial charge on any atom is -0.478 e. The Morgan fingerprint density at radius 3 is 2.85 bits per heavy atom. The number of sulfonamides is 1. The van der Waals surface area contributed by atoms with Gasteiger partial charge in [0.1, 0.15) is 0 Å². The first-order valence-corrected chi connectivity index (χ1v) is 7.55. The summed E-state index contributed by atoms with van der Waals surface area (Å²) in [7, 11) is -1.93. The van der Waals surface area contributed by atoms with Crippen LogP contribution in [0.1, 0.15) is 12.5 Å². The van der Waals surface area contributed by atoms with Crippen molar-refractivity contribution in [3.05, 3.63) is 36.4 Å². The Morgan fingerprint density at radius 2 is 2.20 bits per heavy atom. The number of ether oxygens (including phenoxy) is 1. The van der Waals surface area contributed by atoms with Crippen LogP contribution in [0.15, 0.2) is 35.9 Å². The van der Waals surface area contributed by atoms with Crippen molar-refractivity contribution in [1.29, 1.82) is 0 Å². The molecule has 108 valence electrons. The molecule has 0 amide bonds. The predicted octanol–water partition coefficient (Wildman–Crippen LogP) is 0.692. The van der Waals surface area contributed by atoms with Crippen molar-refractivity contribution >= 4 is 10.0 Å². The number of imidazole rings is 1. The lowest BCUT2D eigenvalue weighted by molar-refractivity contribution is 0.322. The average Bonchev–Trinajstić information content (AvgIpc) is 2.86. The Morgan fingerprint density at radius 1 is 1.40 bits per heavy atom. The number of pyridine rings is 1. The number of aryl methyl sites for hydroxylation is 1. The summed E-state index contributed by atoms with van der Waals surface area (Å²) in [4.78, 5) is 7.89. The predicted molar refractivity (Wildman–Crippen MR) is 72.6 cm³/mol. The van der Waals surface area contributed by atoms with E-state index in [2.05, 4.69) is 14.7 Å². The summed E-state index contributed by atoms with van der Waals surface area (Å²) in [5, 5.41) is -0.0122. The molecule has 7 nitrogen and oxygen atoms in total. The topological polar surface area (TPSA) is 86.1 Å². The van der Waals surface area contributed by atoms with Crippen LogP contribution in [0.5, 0.6) is 5.88 Å². The summed E-state index contributed by atoms with van der Waals surface area (Å²) in [5.41, 5.74) is 0.675. The van der Waals surface area contributed by atoms with Crippen LogP contribution >= 0.6 is 0 Å². The lowest BCUT2D eigenvalue weighted by Crippen LogP contribution is -2.24. The molecule has 2 heterocycles. The molecule has 0 fully saturated rings. The van der Waals surface area contributed by atoms with E-state index in [0.29, 0.717) is 18.1 Å². The van der Waals surface area contributed by atoms with Crippen molar-refractivity contribution in [3.8, 4) is 5.88 Å². The summed E-state index contributed by atoms with van der Waals surface area (Å²) in [6.45, 7) is 2.41.